The first-order valence-corrected chi connectivity index (χ1v) is 22.8. The van der Waals surface area contributed by atoms with Gasteiger partial charge < -0.3 is 9.80 Å². The van der Waals surface area contributed by atoms with E-state index in [-0.39, 0.29) is 22.7 Å². The Morgan fingerprint density at radius 1 is 0.319 bits per heavy atom. The quantitative estimate of drug-likeness (QED) is 0.0906. The summed E-state index contributed by atoms with van der Waals surface area (Å²) in [7, 11) is 0. The minimum Gasteiger partial charge on any atom is -0.311 e. The van der Waals surface area contributed by atoms with E-state index in [1.54, 1.807) is 0 Å². The van der Waals surface area contributed by atoms with Crippen LogP contribution in [0.2, 0.25) is 0 Å². The van der Waals surface area contributed by atoms with Crippen LogP contribution >= 0.6 is 0 Å². The maximum atomic E-state index is 11.3. The van der Waals surface area contributed by atoms with Crippen LogP contribution in [0.25, 0.3) is 38.2 Å². The van der Waals surface area contributed by atoms with E-state index in [0.29, 0.717) is 33.4 Å². The van der Waals surface area contributed by atoms with Crippen molar-refractivity contribution in [3.63, 3.8) is 0 Å². The molecular formula is C64H43N5. The summed E-state index contributed by atoms with van der Waals surface area (Å²) in [5, 5.41) is 22.7. The zero-order valence-electron chi connectivity index (χ0n) is 37.6. The number of anilines is 6. The van der Waals surface area contributed by atoms with Gasteiger partial charge in [-0.05, 0) is 106 Å². The summed E-state index contributed by atoms with van der Waals surface area (Å²) in [6.45, 7) is 8.84. The molecule has 5 nitrogen and oxygen atoms in total. The highest BCUT2D eigenvalue weighted by Gasteiger charge is 2.28. The van der Waals surface area contributed by atoms with Crippen molar-refractivity contribution in [3.05, 3.63) is 294 Å². The number of nitrogens with zero attached hydrogens (tertiary/aromatic N) is 5. The maximum absolute atomic E-state index is 11.3. The van der Waals surface area contributed by atoms with Crippen molar-refractivity contribution >= 4 is 39.8 Å². The highest BCUT2D eigenvalue weighted by atomic mass is 15.1. The number of hydrogen-bond donors (Lipinski definition) is 0. The number of nitriles is 2. The van der Waals surface area contributed by atoms with E-state index in [1.807, 2.05) is 146 Å². The largest absolute Gasteiger partial charge is 0.311 e. The van der Waals surface area contributed by atoms with Gasteiger partial charge in [0.25, 0.3) is 0 Å². The second kappa shape index (κ2) is 19.8. The first kappa shape index (κ1) is 43.2. The van der Waals surface area contributed by atoms with Gasteiger partial charge in [-0.1, -0.05) is 182 Å². The second-order valence-electron chi connectivity index (χ2n) is 16.5. The van der Waals surface area contributed by atoms with Crippen molar-refractivity contribution in [1.82, 2.24) is 0 Å². The minimum absolute atomic E-state index is 0.0426. The molecule has 0 N–H and O–H groups in total. The Morgan fingerprint density at radius 2 is 0.580 bits per heavy atom. The predicted molar refractivity (Wildman–Crippen MR) is 282 cm³/mol. The molecule has 0 aliphatic rings. The van der Waals surface area contributed by atoms with E-state index < -0.39 is 0 Å². The summed E-state index contributed by atoms with van der Waals surface area (Å²) in [4.78, 5) is 8.57. The van der Waals surface area contributed by atoms with Crippen molar-refractivity contribution in [2.75, 3.05) is 9.80 Å². The van der Waals surface area contributed by atoms with Crippen molar-refractivity contribution in [1.29, 1.82) is 10.5 Å². The fraction of sp³-hybridized carbons (Fsp3) is 0.0156. The van der Waals surface area contributed by atoms with E-state index in [4.69, 9.17) is 6.57 Å². The Hall–Kier alpha value is -9.73. The van der Waals surface area contributed by atoms with Crippen LogP contribution in [0.4, 0.5) is 39.8 Å². The minimum atomic E-state index is -0.0426. The fourth-order valence-electron chi connectivity index (χ4n) is 9.39. The van der Waals surface area contributed by atoms with Gasteiger partial charge in [-0.25, -0.2) is 4.85 Å². The zero-order valence-corrected chi connectivity index (χ0v) is 37.6. The summed E-state index contributed by atoms with van der Waals surface area (Å²) >= 11 is 0. The van der Waals surface area contributed by atoms with Gasteiger partial charge in [0.15, 0.2) is 0 Å². The molecule has 69 heavy (non-hydrogen) atoms. The lowest BCUT2D eigenvalue weighted by molar-refractivity contribution is 0.978. The number of benzene rings is 10. The number of para-hydroxylation sites is 4. The smallest absolute Gasteiger partial charge is 0.205 e. The van der Waals surface area contributed by atoms with E-state index >= 15 is 0 Å². The van der Waals surface area contributed by atoms with E-state index in [9.17, 15) is 10.5 Å². The van der Waals surface area contributed by atoms with Gasteiger partial charge in [-0.2, -0.15) is 10.5 Å². The van der Waals surface area contributed by atoms with Gasteiger partial charge in [-0.15, -0.1) is 0 Å². The lowest BCUT2D eigenvalue weighted by atomic mass is 9.81. The summed E-state index contributed by atoms with van der Waals surface area (Å²) in [6, 6.07) is 90.8. The second-order valence-corrected chi connectivity index (χ2v) is 16.5. The van der Waals surface area contributed by atoms with Crippen LogP contribution < -0.4 is 9.80 Å². The lowest BCUT2D eigenvalue weighted by Crippen LogP contribution is -2.09. The predicted octanol–water partition coefficient (Wildman–Crippen LogP) is 17.1. The Balaban J connectivity index is 1.17. The molecule has 0 aromatic heterocycles. The SMILES string of the molecule is [C-]#[N+]c1c(-c2ccc(C(c3ccccc3)c3ccccc3)cc2)c(C#N)c(-c2ccc(N(c3ccccc3)c3ccccc3)cc2)c(C#N)c1-c1ccc(N(c2ccccc2)c2ccccc2)cc1. The van der Waals surface area contributed by atoms with Gasteiger partial charge in [-0.3, -0.25) is 0 Å². The monoisotopic (exact) mass is 881 g/mol. The van der Waals surface area contributed by atoms with Crippen LogP contribution in [-0.2, 0) is 0 Å². The van der Waals surface area contributed by atoms with Gasteiger partial charge in [0.2, 0.25) is 5.69 Å². The first-order chi connectivity index (χ1) is 34.1. The van der Waals surface area contributed by atoms with Crippen LogP contribution in [0.1, 0.15) is 33.7 Å². The third-order valence-corrected chi connectivity index (χ3v) is 12.5. The number of rotatable bonds is 12. The van der Waals surface area contributed by atoms with Crippen LogP contribution in [0.15, 0.2) is 255 Å². The van der Waals surface area contributed by atoms with E-state index in [1.165, 1.54) is 0 Å². The molecule has 10 rings (SSSR count). The summed E-state index contributed by atoms with van der Waals surface area (Å²) in [6.07, 6.45) is 0. The molecule has 0 fully saturated rings. The zero-order chi connectivity index (χ0) is 46.9. The molecule has 0 unspecified atom stereocenters. The third-order valence-electron chi connectivity index (χ3n) is 12.5. The van der Waals surface area contributed by atoms with Crippen LogP contribution in [-0.4, -0.2) is 0 Å². The van der Waals surface area contributed by atoms with Crippen LogP contribution in [0.5, 0.6) is 0 Å². The molecule has 0 saturated heterocycles. The molecule has 0 atom stereocenters. The van der Waals surface area contributed by atoms with Crippen molar-refractivity contribution < 1.29 is 0 Å². The fourth-order valence-corrected chi connectivity index (χ4v) is 9.39. The summed E-state index contributed by atoms with van der Waals surface area (Å²) < 4.78 is 0. The van der Waals surface area contributed by atoms with Gasteiger partial charge >= 0.3 is 0 Å². The topological polar surface area (TPSA) is 58.4 Å². The maximum Gasteiger partial charge on any atom is 0.205 e. The van der Waals surface area contributed by atoms with Crippen LogP contribution in [0.3, 0.4) is 0 Å². The molecular weight excluding hydrogens is 839 g/mol. The molecule has 0 amide bonds. The molecule has 0 heterocycles. The molecule has 0 bridgehead atoms. The molecule has 0 spiro atoms. The molecule has 10 aromatic rings. The highest BCUT2D eigenvalue weighted by Crippen LogP contribution is 2.50. The standard InChI is InChI=1S/C64H43N5/c1-67-64-62(50-34-32-48(33-35-50)60(46-20-8-2-9-21-46)47-22-10-3-11-23-47)58(44-65)61(49-36-40-56(41-37-49)68(52-24-12-4-13-25-52)53-26-14-5-15-27-53)59(45-66)63(64)51-38-42-57(43-39-51)69(54-28-16-6-17-29-54)55-30-18-7-19-31-55/h2-43,60H. The summed E-state index contributed by atoms with van der Waals surface area (Å²) in [5.41, 5.74) is 13.5. The van der Waals surface area contributed by atoms with Crippen molar-refractivity contribution in [2.45, 2.75) is 5.92 Å². The number of hydrogen-bond acceptors (Lipinski definition) is 4. The molecule has 10 aromatic carbocycles. The first-order valence-electron chi connectivity index (χ1n) is 22.8. The van der Waals surface area contributed by atoms with E-state index in [2.05, 4.69) is 136 Å². The Morgan fingerprint density at radius 3 is 0.884 bits per heavy atom. The summed E-state index contributed by atoms with van der Waals surface area (Å²) in [5.74, 6) is -0.0426. The third kappa shape index (κ3) is 8.62. The Labute approximate surface area is 403 Å². The Bertz CT molecular complexity index is 2950. The molecule has 5 heteroatoms. The average molecular weight is 882 g/mol. The van der Waals surface area contributed by atoms with Crippen LogP contribution in [0, 0.1) is 29.2 Å². The van der Waals surface area contributed by atoms with Gasteiger partial charge in [0, 0.05) is 56.7 Å². The molecule has 0 aliphatic carbocycles. The molecule has 0 saturated carbocycles. The van der Waals surface area contributed by atoms with Crippen molar-refractivity contribution in [3.8, 4) is 45.5 Å². The lowest BCUT2D eigenvalue weighted by Gasteiger charge is -2.26. The van der Waals surface area contributed by atoms with Crippen molar-refractivity contribution in [2.24, 2.45) is 0 Å². The van der Waals surface area contributed by atoms with E-state index in [0.717, 1.165) is 50.8 Å². The highest BCUT2D eigenvalue weighted by molar-refractivity contribution is 6.03. The molecule has 0 radical (unpaired) electrons. The normalized spacial score (nSPS) is 10.7. The average Bonchev–Trinajstić information content (AvgIpc) is 3.43. The Kier molecular flexibility index (Phi) is 12.4. The molecule has 324 valence electrons. The molecule has 0 aliphatic heterocycles. The van der Waals surface area contributed by atoms with Gasteiger partial charge in [0.05, 0.1) is 29.8 Å². The van der Waals surface area contributed by atoms with Gasteiger partial charge in [0.1, 0.15) is 0 Å².